The molecule has 0 heterocycles. The van der Waals surface area contributed by atoms with Crippen LogP contribution in [0.5, 0.6) is 5.75 Å². The minimum Gasteiger partial charge on any atom is -0.508 e. The highest BCUT2D eigenvalue weighted by molar-refractivity contribution is 6.24. The number of phenolic OH excluding ortho intramolecular Hbond substituents is 1. The lowest BCUT2D eigenvalue weighted by atomic mass is 9.57. The molecule has 0 saturated heterocycles. The largest absolute Gasteiger partial charge is 0.508 e. The monoisotopic (exact) mass is 493 g/mol. The van der Waals surface area contributed by atoms with Crippen molar-refractivity contribution in [3.8, 4) is 5.75 Å². The summed E-state index contributed by atoms with van der Waals surface area (Å²) in [4.78, 5) is 40.4. The highest BCUT2D eigenvalue weighted by Gasteiger charge is 2.64. The van der Waals surface area contributed by atoms with Crippen molar-refractivity contribution >= 4 is 34.0 Å². The molecule has 0 bridgehead atoms. The van der Waals surface area contributed by atoms with Crippen LogP contribution in [0.3, 0.4) is 0 Å². The summed E-state index contributed by atoms with van der Waals surface area (Å²) in [7, 11) is 3.13. The summed E-state index contributed by atoms with van der Waals surface area (Å²) in [5.74, 6) is -6.62. The number of aliphatic hydroxyl groups is 3. The maximum Gasteiger partial charge on any atom is 0.255 e. The third-order valence-corrected chi connectivity index (χ3v) is 7.83. The van der Waals surface area contributed by atoms with Crippen molar-refractivity contribution in [1.29, 1.82) is 0 Å². The number of amides is 1. The minimum atomic E-state index is -2.65. The lowest BCUT2D eigenvalue weighted by molar-refractivity contribution is -0.153. The Morgan fingerprint density at radius 2 is 1.86 bits per heavy atom. The number of carbonyl (C=O) groups is 3. The van der Waals surface area contributed by atoms with Crippen LogP contribution < -0.4 is 11.5 Å². The van der Waals surface area contributed by atoms with Gasteiger partial charge in [0.2, 0.25) is 5.78 Å². The Bertz CT molecular complexity index is 1440. The molecule has 0 radical (unpaired) electrons. The van der Waals surface area contributed by atoms with Crippen molar-refractivity contribution in [1.82, 2.24) is 4.90 Å². The predicted octanol–water partition coefficient (Wildman–Crippen LogP) is 0.576. The maximum atomic E-state index is 13.8. The number of fused-ring (bicyclic) bond motifs is 4. The number of Topliss-reactive ketones (excluding diaryl/α,β-unsaturated/α-hetero) is 2. The summed E-state index contributed by atoms with van der Waals surface area (Å²) in [5, 5.41) is 46.0. The molecule has 1 fully saturated rings. The molecular weight excluding hydrogens is 466 g/mol. The fraction of sp³-hybridized carbons (Fsp3) is 0.346. The highest BCUT2D eigenvalue weighted by atomic mass is 16.3. The molecule has 8 N–H and O–H groups in total. The maximum absolute atomic E-state index is 13.8. The molecule has 0 aliphatic heterocycles. The van der Waals surface area contributed by atoms with E-state index in [-0.39, 0.29) is 36.3 Å². The van der Waals surface area contributed by atoms with Crippen molar-refractivity contribution in [2.24, 2.45) is 23.3 Å². The number of phenols is 1. The molecule has 10 heteroatoms. The number of primary amides is 1. The lowest BCUT2D eigenvalue weighted by Crippen LogP contribution is -2.65. The number of aliphatic hydroxyl groups excluding tert-OH is 2. The third-order valence-electron chi connectivity index (χ3n) is 7.83. The average molecular weight is 494 g/mol. The van der Waals surface area contributed by atoms with Gasteiger partial charge in [0.05, 0.1) is 11.6 Å². The molecule has 1 saturated carbocycles. The van der Waals surface area contributed by atoms with Gasteiger partial charge < -0.3 is 31.9 Å². The quantitative estimate of drug-likeness (QED) is 0.332. The third kappa shape index (κ3) is 2.98. The fourth-order valence-corrected chi connectivity index (χ4v) is 6.18. The zero-order chi connectivity index (χ0) is 26.3. The van der Waals surface area contributed by atoms with Crippen molar-refractivity contribution in [2.45, 2.75) is 31.0 Å². The number of hydrogen-bond donors (Lipinski definition) is 6. The van der Waals surface area contributed by atoms with Crippen molar-refractivity contribution in [2.75, 3.05) is 14.1 Å². The molecule has 2 aromatic rings. The summed E-state index contributed by atoms with van der Waals surface area (Å²) in [5.41, 5.74) is 8.83. The van der Waals surface area contributed by atoms with Gasteiger partial charge in [0.15, 0.2) is 11.4 Å². The average Bonchev–Trinajstić information content (AvgIpc) is 2.80. The summed E-state index contributed by atoms with van der Waals surface area (Å²) in [6.07, 6.45) is 0.299. The normalized spacial score (nSPS) is 27.9. The van der Waals surface area contributed by atoms with Crippen molar-refractivity contribution in [3.05, 3.63) is 57.9 Å². The second kappa shape index (κ2) is 7.89. The summed E-state index contributed by atoms with van der Waals surface area (Å²) >= 11 is 0. The molecule has 5 rings (SSSR count). The van der Waals surface area contributed by atoms with E-state index in [1.54, 1.807) is 20.2 Å². The van der Waals surface area contributed by atoms with E-state index in [0.717, 1.165) is 10.9 Å². The number of ketones is 2. The van der Waals surface area contributed by atoms with Crippen LogP contribution in [-0.4, -0.2) is 68.5 Å². The molecule has 0 unspecified atom stereocenters. The topological polar surface area (TPSA) is 187 Å². The second-order valence-corrected chi connectivity index (χ2v) is 9.98. The predicted molar refractivity (Wildman–Crippen MR) is 130 cm³/mol. The molecule has 4 atom stereocenters. The van der Waals surface area contributed by atoms with E-state index in [2.05, 4.69) is 0 Å². The van der Waals surface area contributed by atoms with Gasteiger partial charge in [-0.15, -0.1) is 0 Å². The number of nitrogens with zero attached hydrogens (tertiary/aromatic N) is 1. The molecule has 36 heavy (non-hydrogen) atoms. The SMILES string of the molecule is CN(C)[C@@H]1C(=O)C(C(N)=O)=C(O)[C@@]2(O)C(=O)C3=C(O)c4c(cc5ccc(CN)cc5c4O)C[C@H]3C[C@@H]12. The first kappa shape index (κ1) is 24.0. The number of nitrogens with two attached hydrogens (primary N) is 2. The first-order valence-electron chi connectivity index (χ1n) is 11.6. The lowest BCUT2D eigenvalue weighted by Gasteiger charge is -2.50. The van der Waals surface area contributed by atoms with Crippen LogP contribution in [0.2, 0.25) is 0 Å². The van der Waals surface area contributed by atoms with Crippen LogP contribution in [0.1, 0.15) is 23.1 Å². The minimum absolute atomic E-state index is 0.0523. The molecule has 2 aromatic carbocycles. The van der Waals surface area contributed by atoms with E-state index >= 15 is 0 Å². The Hall–Kier alpha value is -3.73. The standard InChI is InChI=1S/C26H27N3O7/c1-29(2)19-15-8-13-7-12-6-11-4-3-10(9-27)5-14(11)20(30)16(12)21(31)17(13)23(33)26(15,36)24(34)18(22(19)32)25(28)35/h3-6,13,15,19,30-31,34,36H,7-9,27H2,1-2H3,(H2,28,35)/t13-,15-,19-,26-/m0/s1. The van der Waals surface area contributed by atoms with Crippen molar-refractivity contribution < 1.29 is 34.8 Å². The number of benzene rings is 2. The van der Waals surface area contributed by atoms with E-state index in [1.807, 2.05) is 18.2 Å². The van der Waals surface area contributed by atoms with Crippen LogP contribution >= 0.6 is 0 Å². The number of hydrogen-bond acceptors (Lipinski definition) is 9. The Morgan fingerprint density at radius 3 is 2.47 bits per heavy atom. The van der Waals surface area contributed by atoms with E-state index in [1.165, 1.54) is 4.90 Å². The molecular formula is C26H27N3O7. The Balaban J connectivity index is 1.75. The van der Waals surface area contributed by atoms with Gasteiger partial charge in [-0.3, -0.25) is 19.3 Å². The number of rotatable bonds is 3. The molecule has 3 aliphatic rings. The van der Waals surface area contributed by atoms with Gasteiger partial charge in [-0.25, -0.2) is 0 Å². The fourth-order valence-electron chi connectivity index (χ4n) is 6.18. The van der Waals surface area contributed by atoms with Gasteiger partial charge in [-0.1, -0.05) is 18.2 Å². The van der Waals surface area contributed by atoms with Gasteiger partial charge in [0, 0.05) is 23.4 Å². The zero-order valence-corrected chi connectivity index (χ0v) is 19.8. The van der Waals surface area contributed by atoms with E-state index < -0.39 is 58.0 Å². The summed E-state index contributed by atoms with van der Waals surface area (Å²) < 4.78 is 0. The van der Waals surface area contributed by atoms with Gasteiger partial charge in [0.25, 0.3) is 5.91 Å². The first-order chi connectivity index (χ1) is 16.9. The van der Waals surface area contributed by atoms with Crippen LogP contribution in [0.25, 0.3) is 16.5 Å². The second-order valence-electron chi connectivity index (χ2n) is 9.98. The number of aromatic hydroxyl groups is 1. The molecule has 0 spiro atoms. The van der Waals surface area contributed by atoms with Crippen LogP contribution in [0.15, 0.2) is 41.2 Å². The first-order valence-corrected chi connectivity index (χ1v) is 11.6. The van der Waals surface area contributed by atoms with Crippen LogP contribution in [0.4, 0.5) is 0 Å². The Morgan fingerprint density at radius 1 is 1.17 bits per heavy atom. The van der Waals surface area contributed by atoms with Gasteiger partial charge in [-0.05, 0) is 55.4 Å². The molecule has 3 aliphatic carbocycles. The summed E-state index contributed by atoms with van der Waals surface area (Å²) in [6.45, 7) is 0.244. The number of carbonyl (C=O) groups excluding carboxylic acids is 3. The van der Waals surface area contributed by atoms with Crippen LogP contribution in [0, 0.1) is 11.8 Å². The van der Waals surface area contributed by atoms with E-state index in [4.69, 9.17) is 11.5 Å². The molecule has 188 valence electrons. The van der Waals surface area contributed by atoms with E-state index in [9.17, 15) is 34.8 Å². The van der Waals surface area contributed by atoms with Gasteiger partial charge >= 0.3 is 0 Å². The number of likely N-dealkylation sites (N-methyl/N-ethyl adjacent to an activating group) is 1. The molecule has 10 nitrogen and oxygen atoms in total. The van der Waals surface area contributed by atoms with Gasteiger partial charge in [0.1, 0.15) is 22.8 Å². The zero-order valence-electron chi connectivity index (χ0n) is 19.8. The molecule has 0 aromatic heterocycles. The molecule has 1 amide bonds. The van der Waals surface area contributed by atoms with Crippen LogP contribution in [-0.2, 0) is 27.3 Å². The smallest absolute Gasteiger partial charge is 0.255 e. The summed E-state index contributed by atoms with van der Waals surface area (Å²) in [6, 6.07) is 6.06. The van der Waals surface area contributed by atoms with Gasteiger partial charge in [-0.2, -0.15) is 0 Å². The highest BCUT2D eigenvalue weighted by Crippen LogP contribution is 2.53. The van der Waals surface area contributed by atoms with Crippen molar-refractivity contribution in [3.63, 3.8) is 0 Å². The Kier molecular flexibility index (Phi) is 5.26. The van der Waals surface area contributed by atoms with E-state index in [0.29, 0.717) is 10.9 Å². The Labute approximate surface area is 206 Å².